The van der Waals surface area contributed by atoms with Crippen LogP contribution in [0.1, 0.15) is 37.0 Å². The topological polar surface area (TPSA) is 103 Å². The number of ether oxygens (including phenoxy) is 2. The molecule has 1 aliphatic rings. The van der Waals surface area contributed by atoms with Crippen molar-refractivity contribution in [3.63, 3.8) is 0 Å². The zero-order valence-corrected chi connectivity index (χ0v) is 14.6. The lowest BCUT2D eigenvalue weighted by Gasteiger charge is -2.29. The molecule has 132 valence electrons. The predicted octanol–water partition coefficient (Wildman–Crippen LogP) is 1.52. The van der Waals surface area contributed by atoms with Gasteiger partial charge in [-0.2, -0.15) is 0 Å². The quantitative estimate of drug-likeness (QED) is 0.701. The van der Waals surface area contributed by atoms with E-state index in [9.17, 15) is 9.59 Å². The van der Waals surface area contributed by atoms with Gasteiger partial charge in [0.05, 0.1) is 25.4 Å². The zero-order chi connectivity index (χ0) is 17.9. The fraction of sp³-hybridized carbons (Fsp3) is 0.529. The molecule has 1 aliphatic carbocycles. The third-order valence-corrected chi connectivity index (χ3v) is 4.35. The molecule has 1 saturated carbocycles. The Morgan fingerprint density at radius 2 is 1.96 bits per heavy atom. The highest BCUT2D eigenvalue weighted by Gasteiger charge is 2.41. The Hall–Kier alpha value is -2.28. The second kappa shape index (κ2) is 7.09. The average Bonchev–Trinajstić information content (AvgIpc) is 3.38. The molecule has 0 heterocycles. The third-order valence-electron chi connectivity index (χ3n) is 4.35. The van der Waals surface area contributed by atoms with Gasteiger partial charge in [0.25, 0.3) is 5.91 Å². The second-order valence-electron chi connectivity index (χ2n) is 6.29. The standard InChI is InChI=1S/C17H25N3O4/c1-10(21)19-13-7-11(8-14(23-3)15(13)24-4)16(22)20-17(2,9-18)12-5-6-12/h7-8,12H,5-6,9,18H2,1-4H3,(H,19,21)(H,20,22). The van der Waals surface area contributed by atoms with Gasteiger partial charge in [-0.1, -0.05) is 0 Å². The first-order chi connectivity index (χ1) is 11.3. The Morgan fingerprint density at radius 3 is 2.42 bits per heavy atom. The summed E-state index contributed by atoms with van der Waals surface area (Å²) in [6.45, 7) is 3.71. The minimum absolute atomic E-state index is 0.262. The molecule has 7 heteroatoms. The summed E-state index contributed by atoms with van der Waals surface area (Å²) in [7, 11) is 2.95. The smallest absolute Gasteiger partial charge is 0.251 e. The molecule has 7 nitrogen and oxygen atoms in total. The maximum Gasteiger partial charge on any atom is 0.251 e. The van der Waals surface area contributed by atoms with Crippen LogP contribution in [-0.2, 0) is 4.79 Å². The molecule has 0 saturated heterocycles. The SMILES string of the molecule is COc1cc(C(=O)NC(C)(CN)C2CC2)cc(NC(C)=O)c1OC. The van der Waals surface area contributed by atoms with Gasteiger partial charge >= 0.3 is 0 Å². The van der Waals surface area contributed by atoms with E-state index in [-0.39, 0.29) is 11.8 Å². The Balaban J connectivity index is 2.34. The molecule has 1 fully saturated rings. The van der Waals surface area contributed by atoms with Crippen molar-refractivity contribution < 1.29 is 19.1 Å². The first-order valence-corrected chi connectivity index (χ1v) is 7.90. The van der Waals surface area contributed by atoms with Crippen LogP contribution in [0, 0.1) is 5.92 Å². The molecule has 0 spiro atoms. The molecule has 0 radical (unpaired) electrons. The average molecular weight is 335 g/mol. The molecule has 4 N–H and O–H groups in total. The van der Waals surface area contributed by atoms with Crippen LogP contribution in [0.4, 0.5) is 5.69 Å². The summed E-state index contributed by atoms with van der Waals surface area (Å²) < 4.78 is 10.6. The van der Waals surface area contributed by atoms with Crippen LogP contribution in [0.2, 0.25) is 0 Å². The number of hydrogen-bond acceptors (Lipinski definition) is 5. The van der Waals surface area contributed by atoms with Crippen molar-refractivity contribution in [2.75, 3.05) is 26.1 Å². The summed E-state index contributed by atoms with van der Waals surface area (Å²) in [5.74, 6) is 0.615. The van der Waals surface area contributed by atoms with Gasteiger partial charge in [-0.05, 0) is 37.8 Å². The van der Waals surface area contributed by atoms with Gasteiger partial charge in [0.15, 0.2) is 11.5 Å². The van der Waals surface area contributed by atoms with Crippen molar-refractivity contribution in [1.29, 1.82) is 0 Å². The summed E-state index contributed by atoms with van der Waals surface area (Å²) in [6.07, 6.45) is 2.13. The number of anilines is 1. The van der Waals surface area contributed by atoms with E-state index in [0.29, 0.717) is 35.2 Å². The lowest BCUT2D eigenvalue weighted by Crippen LogP contribution is -2.53. The Kier molecular flexibility index (Phi) is 5.33. The largest absolute Gasteiger partial charge is 0.493 e. The highest BCUT2D eigenvalue weighted by molar-refractivity contribution is 5.99. The Labute approximate surface area is 141 Å². The van der Waals surface area contributed by atoms with Gasteiger partial charge in [0.2, 0.25) is 5.91 Å². The summed E-state index contributed by atoms with van der Waals surface area (Å²) >= 11 is 0. The number of amides is 2. The van der Waals surface area contributed by atoms with Crippen LogP contribution in [0.3, 0.4) is 0 Å². The first kappa shape index (κ1) is 18.1. The van der Waals surface area contributed by atoms with Crippen molar-refractivity contribution in [2.45, 2.75) is 32.2 Å². The summed E-state index contributed by atoms with van der Waals surface area (Å²) in [5.41, 5.74) is 6.18. The van der Waals surface area contributed by atoms with E-state index >= 15 is 0 Å². The maximum absolute atomic E-state index is 12.7. The van der Waals surface area contributed by atoms with Crippen LogP contribution < -0.4 is 25.8 Å². The van der Waals surface area contributed by atoms with E-state index in [1.807, 2.05) is 6.92 Å². The van der Waals surface area contributed by atoms with E-state index in [1.54, 1.807) is 12.1 Å². The van der Waals surface area contributed by atoms with Crippen molar-refractivity contribution in [3.8, 4) is 11.5 Å². The minimum Gasteiger partial charge on any atom is -0.493 e. The molecule has 2 amide bonds. The molecule has 1 atom stereocenters. The van der Waals surface area contributed by atoms with Gasteiger partial charge in [-0.3, -0.25) is 9.59 Å². The first-order valence-electron chi connectivity index (χ1n) is 7.90. The summed E-state index contributed by atoms with van der Waals surface area (Å²) in [6, 6.07) is 3.16. The summed E-state index contributed by atoms with van der Waals surface area (Å²) in [4.78, 5) is 24.1. The van der Waals surface area contributed by atoms with Gasteiger partial charge in [0, 0.05) is 19.0 Å². The monoisotopic (exact) mass is 335 g/mol. The zero-order valence-electron chi connectivity index (χ0n) is 14.6. The fourth-order valence-corrected chi connectivity index (χ4v) is 2.75. The molecule has 1 aromatic rings. The minimum atomic E-state index is -0.432. The number of carbonyl (C=O) groups excluding carboxylic acids is 2. The molecule has 1 aromatic carbocycles. The van der Waals surface area contributed by atoms with Crippen LogP contribution >= 0.6 is 0 Å². The lowest BCUT2D eigenvalue weighted by molar-refractivity contribution is -0.114. The number of carbonyl (C=O) groups is 2. The fourth-order valence-electron chi connectivity index (χ4n) is 2.75. The number of rotatable bonds is 7. The van der Waals surface area contributed by atoms with Crippen LogP contribution in [0.15, 0.2) is 12.1 Å². The maximum atomic E-state index is 12.7. The molecule has 2 rings (SSSR count). The van der Waals surface area contributed by atoms with Gasteiger partial charge < -0.3 is 25.8 Å². The van der Waals surface area contributed by atoms with E-state index in [4.69, 9.17) is 15.2 Å². The lowest BCUT2D eigenvalue weighted by atomic mass is 9.95. The molecule has 24 heavy (non-hydrogen) atoms. The van der Waals surface area contributed by atoms with Crippen LogP contribution in [0.25, 0.3) is 0 Å². The van der Waals surface area contributed by atoms with E-state index in [1.165, 1.54) is 21.1 Å². The van der Waals surface area contributed by atoms with Crippen LogP contribution in [-0.4, -0.2) is 38.1 Å². The number of benzene rings is 1. The Bertz CT molecular complexity index is 643. The normalized spacial score (nSPS) is 16.0. The third kappa shape index (κ3) is 3.79. The second-order valence-corrected chi connectivity index (χ2v) is 6.29. The van der Waals surface area contributed by atoms with Crippen molar-refractivity contribution in [2.24, 2.45) is 11.7 Å². The molecular formula is C17H25N3O4. The van der Waals surface area contributed by atoms with Crippen LogP contribution in [0.5, 0.6) is 11.5 Å². The molecule has 0 aliphatic heterocycles. The summed E-state index contributed by atoms with van der Waals surface area (Å²) in [5, 5.41) is 5.68. The van der Waals surface area contributed by atoms with Crippen molar-refractivity contribution in [3.05, 3.63) is 17.7 Å². The number of methoxy groups -OCH3 is 2. The number of nitrogens with two attached hydrogens (primary N) is 1. The highest BCUT2D eigenvalue weighted by Crippen LogP contribution is 2.40. The number of hydrogen-bond donors (Lipinski definition) is 3. The molecule has 0 bridgehead atoms. The Morgan fingerprint density at radius 1 is 1.29 bits per heavy atom. The van der Waals surface area contributed by atoms with E-state index in [0.717, 1.165) is 12.8 Å². The van der Waals surface area contributed by atoms with E-state index < -0.39 is 5.54 Å². The molecular weight excluding hydrogens is 310 g/mol. The molecule has 1 unspecified atom stereocenters. The van der Waals surface area contributed by atoms with E-state index in [2.05, 4.69) is 10.6 Å². The van der Waals surface area contributed by atoms with Crippen molar-refractivity contribution >= 4 is 17.5 Å². The predicted molar refractivity (Wildman–Crippen MR) is 91.5 cm³/mol. The molecule has 0 aromatic heterocycles. The van der Waals surface area contributed by atoms with Gasteiger partial charge in [-0.25, -0.2) is 0 Å². The number of nitrogens with one attached hydrogen (secondary N) is 2. The van der Waals surface area contributed by atoms with Gasteiger partial charge in [0.1, 0.15) is 0 Å². The van der Waals surface area contributed by atoms with Gasteiger partial charge in [-0.15, -0.1) is 0 Å². The van der Waals surface area contributed by atoms with Crippen molar-refractivity contribution in [1.82, 2.24) is 5.32 Å². The highest BCUT2D eigenvalue weighted by atomic mass is 16.5.